The summed E-state index contributed by atoms with van der Waals surface area (Å²) in [5.74, 6) is 0. The van der Waals surface area contributed by atoms with Crippen molar-refractivity contribution in [3.05, 3.63) is 47.2 Å². The lowest BCUT2D eigenvalue weighted by Gasteiger charge is -2.09. The fraction of sp³-hybridized carbons (Fsp3) is 0.619. The van der Waals surface area contributed by atoms with Crippen LogP contribution in [0, 0.1) is 0 Å². The molecule has 0 saturated carbocycles. The summed E-state index contributed by atoms with van der Waals surface area (Å²) < 4.78 is 5.73. The van der Waals surface area contributed by atoms with E-state index < -0.39 is 0 Å². The van der Waals surface area contributed by atoms with E-state index >= 15 is 0 Å². The maximum absolute atomic E-state index is 5.73. The third-order valence-electron chi connectivity index (χ3n) is 4.43. The Balaban J connectivity index is 0.00000529. The number of nitrogens with two attached hydrogens (primary N) is 1. The minimum absolute atomic E-state index is 0. The Morgan fingerprint density at radius 1 is 0.875 bits per heavy atom. The minimum Gasteiger partial charge on any atom is -1.00 e. The van der Waals surface area contributed by atoms with Crippen LogP contribution in [0.4, 0.5) is 0 Å². The molecular formula is C21H36BrNO. The first-order valence-electron chi connectivity index (χ1n) is 9.47. The molecule has 138 valence electrons. The average molecular weight is 398 g/mol. The van der Waals surface area contributed by atoms with Crippen LogP contribution in [-0.4, -0.2) is 13.2 Å². The Hall–Kier alpha value is -0.640. The number of allylic oxidation sites excluding steroid dienone is 2. The SMILES string of the molecule is CCC(CC)=C(CC)[NH2+]CCCCCCOCc1ccccc1.[Br-]. The number of hydrogen-bond donors (Lipinski definition) is 1. The minimum atomic E-state index is 0. The summed E-state index contributed by atoms with van der Waals surface area (Å²) in [5, 5.41) is 2.48. The fourth-order valence-corrected chi connectivity index (χ4v) is 2.99. The highest BCUT2D eigenvalue weighted by Crippen LogP contribution is 2.10. The van der Waals surface area contributed by atoms with Crippen molar-refractivity contribution in [3.8, 4) is 0 Å². The van der Waals surface area contributed by atoms with Crippen LogP contribution in [0.3, 0.4) is 0 Å². The highest BCUT2D eigenvalue weighted by molar-refractivity contribution is 5.13. The lowest BCUT2D eigenvalue weighted by Crippen LogP contribution is -3.00. The zero-order valence-corrected chi connectivity index (χ0v) is 17.4. The number of quaternary nitrogens is 1. The third kappa shape index (κ3) is 10.3. The van der Waals surface area contributed by atoms with Crippen LogP contribution >= 0.6 is 0 Å². The van der Waals surface area contributed by atoms with Gasteiger partial charge >= 0.3 is 0 Å². The zero-order valence-electron chi connectivity index (χ0n) is 15.8. The van der Waals surface area contributed by atoms with E-state index in [4.69, 9.17) is 4.74 Å². The van der Waals surface area contributed by atoms with E-state index in [9.17, 15) is 0 Å². The topological polar surface area (TPSA) is 25.8 Å². The summed E-state index contributed by atoms with van der Waals surface area (Å²) in [6.45, 7) is 9.69. The Morgan fingerprint density at radius 3 is 2.17 bits per heavy atom. The molecule has 0 atom stereocenters. The molecule has 2 N–H and O–H groups in total. The van der Waals surface area contributed by atoms with E-state index in [1.54, 1.807) is 11.3 Å². The summed E-state index contributed by atoms with van der Waals surface area (Å²) in [4.78, 5) is 0. The van der Waals surface area contributed by atoms with Crippen LogP contribution in [0.15, 0.2) is 41.6 Å². The molecule has 0 saturated heterocycles. The molecule has 0 aliphatic carbocycles. The van der Waals surface area contributed by atoms with Gasteiger partial charge in [0, 0.05) is 13.0 Å². The Morgan fingerprint density at radius 2 is 1.54 bits per heavy atom. The number of hydrogen-bond acceptors (Lipinski definition) is 1. The van der Waals surface area contributed by atoms with Gasteiger partial charge in [-0.05, 0) is 43.2 Å². The van der Waals surface area contributed by atoms with E-state index in [-0.39, 0.29) is 17.0 Å². The van der Waals surface area contributed by atoms with E-state index in [0.717, 1.165) is 13.2 Å². The molecule has 2 nitrogen and oxygen atoms in total. The molecule has 0 fully saturated rings. The second kappa shape index (κ2) is 15.9. The highest BCUT2D eigenvalue weighted by Gasteiger charge is 2.05. The Bertz CT molecular complexity index is 425. The van der Waals surface area contributed by atoms with Gasteiger partial charge in [0.1, 0.15) is 5.70 Å². The van der Waals surface area contributed by atoms with E-state index in [2.05, 4.69) is 50.4 Å². The number of ether oxygens (including phenoxy) is 1. The lowest BCUT2D eigenvalue weighted by molar-refractivity contribution is -0.609. The van der Waals surface area contributed by atoms with Crippen molar-refractivity contribution in [3.63, 3.8) is 0 Å². The van der Waals surface area contributed by atoms with Crippen LogP contribution < -0.4 is 22.3 Å². The molecule has 0 aliphatic rings. The zero-order chi connectivity index (χ0) is 16.8. The van der Waals surface area contributed by atoms with Crippen LogP contribution in [0.25, 0.3) is 0 Å². The van der Waals surface area contributed by atoms with Crippen molar-refractivity contribution in [2.45, 2.75) is 72.3 Å². The van der Waals surface area contributed by atoms with Gasteiger partial charge in [0.25, 0.3) is 0 Å². The van der Waals surface area contributed by atoms with Crippen LogP contribution in [-0.2, 0) is 11.3 Å². The molecule has 0 aromatic heterocycles. The number of unbranched alkanes of at least 4 members (excludes halogenated alkanes) is 3. The van der Waals surface area contributed by atoms with Crippen molar-refractivity contribution in [1.29, 1.82) is 0 Å². The number of rotatable bonds is 13. The van der Waals surface area contributed by atoms with Gasteiger partial charge in [-0.15, -0.1) is 0 Å². The molecule has 0 heterocycles. The summed E-state index contributed by atoms with van der Waals surface area (Å²) >= 11 is 0. The van der Waals surface area contributed by atoms with Crippen molar-refractivity contribution in [1.82, 2.24) is 0 Å². The molecule has 1 aromatic carbocycles. The van der Waals surface area contributed by atoms with Crippen molar-refractivity contribution in [2.75, 3.05) is 13.2 Å². The molecule has 3 heteroatoms. The van der Waals surface area contributed by atoms with Gasteiger partial charge in [0.2, 0.25) is 0 Å². The Kier molecular flexibility index (Phi) is 15.4. The third-order valence-corrected chi connectivity index (χ3v) is 4.43. The van der Waals surface area contributed by atoms with E-state index in [1.807, 2.05) is 6.07 Å². The van der Waals surface area contributed by atoms with Gasteiger partial charge in [-0.3, -0.25) is 0 Å². The van der Waals surface area contributed by atoms with Gasteiger partial charge in [-0.25, -0.2) is 0 Å². The van der Waals surface area contributed by atoms with Crippen molar-refractivity contribution >= 4 is 0 Å². The molecule has 0 radical (unpaired) electrons. The molecule has 0 aliphatic heterocycles. The molecule has 0 amide bonds. The second-order valence-electron chi connectivity index (χ2n) is 6.13. The monoisotopic (exact) mass is 397 g/mol. The summed E-state index contributed by atoms with van der Waals surface area (Å²) in [6.07, 6.45) is 8.67. The highest BCUT2D eigenvalue weighted by atomic mass is 79.9. The Labute approximate surface area is 159 Å². The predicted molar refractivity (Wildman–Crippen MR) is 99.3 cm³/mol. The van der Waals surface area contributed by atoms with Crippen molar-refractivity contribution in [2.24, 2.45) is 0 Å². The van der Waals surface area contributed by atoms with Gasteiger partial charge in [-0.2, -0.15) is 0 Å². The molecular weight excluding hydrogens is 362 g/mol. The average Bonchev–Trinajstić information content (AvgIpc) is 2.60. The van der Waals surface area contributed by atoms with Crippen LogP contribution in [0.5, 0.6) is 0 Å². The number of benzene rings is 1. The summed E-state index contributed by atoms with van der Waals surface area (Å²) in [5.41, 5.74) is 4.51. The van der Waals surface area contributed by atoms with E-state index in [0.29, 0.717) is 0 Å². The smallest absolute Gasteiger partial charge is 0.104 e. The van der Waals surface area contributed by atoms with Gasteiger partial charge in [-0.1, -0.05) is 57.5 Å². The second-order valence-corrected chi connectivity index (χ2v) is 6.13. The first kappa shape index (κ1) is 23.4. The standard InChI is InChI=1S/C21H35NO.BrH/c1-4-20(5-2)21(6-3)22-16-12-7-8-13-17-23-18-19-14-10-9-11-15-19;/h9-11,14-15,22H,4-8,12-13,16-18H2,1-3H3;1H. The quantitative estimate of drug-likeness (QED) is 0.504. The fourth-order valence-electron chi connectivity index (χ4n) is 2.99. The first-order valence-corrected chi connectivity index (χ1v) is 9.47. The van der Waals surface area contributed by atoms with Gasteiger partial charge < -0.3 is 27.0 Å². The van der Waals surface area contributed by atoms with Gasteiger partial charge in [0.15, 0.2) is 0 Å². The molecule has 0 bridgehead atoms. The molecule has 24 heavy (non-hydrogen) atoms. The van der Waals surface area contributed by atoms with Crippen LogP contribution in [0.2, 0.25) is 0 Å². The van der Waals surface area contributed by atoms with Crippen molar-refractivity contribution < 1.29 is 27.0 Å². The van der Waals surface area contributed by atoms with E-state index in [1.165, 1.54) is 57.1 Å². The molecule has 1 rings (SSSR count). The number of halogens is 1. The molecule has 1 aromatic rings. The predicted octanol–water partition coefficient (Wildman–Crippen LogP) is 1.82. The van der Waals surface area contributed by atoms with Crippen LogP contribution in [0.1, 0.15) is 71.3 Å². The molecule has 0 spiro atoms. The summed E-state index contributed by atoms with van der Waals surface area (Å²) in [7, 11) is 0. The maximum atomic E-state index is 5.73. The lowest BCUT2D eigenvalue weighted by atomic mass is 10.1. The van der Waals surface area contributed by atoms with Gasteiger partial charge in [0.05, 0.1) is 13.2 Å². The molecule has 0 unspecified atom stereocenters. The summed E-state index contributed by atoms with van der Waals surface area (Å²) in [6, 6.07) is 10.4. The largest absolute Gasteiger partial charge is 1.00 e. The normalized spacial score (nSPS) is 10.3. The maximum Gasteiger partial charge on any atom is 0.104 e. The first-order chi connectivity index (χ1) is 11.3.